The van der Waals surface area contributed by atoms with Crippen LogP contribution in [0.4, 0.5) is 0 Å². The maximum absolute atomic E-state index is 10.3. The van der Waals surface area contributed by atoms with Crippen LogP contribution in [-0.2, 0) is 0 Å². The number of nitrogens with zero attached hydrogens (tertiary/aromatic N) is 4. The standard InChI is InChI=1S/C49H30N4/c50-31-32-27-34(30-37(28-32)52-43-21-8-4-17-38(43)39-18-5-9-22-44(39)52)33-13-12-16-36(29-33)51-46-24-11-7-20-42(46)48-47(51)26-25-41-40-19-6-10-23-45(40)53(49(41)48)35-14-2-1-3-15-35/h1-30H. The van der Waals surface area contributed by atoms with Gasteiger partial charge in [-0.15, -0.1) is 0 Å². The van der Waals surface area contributed by atoms with E-state index in [1.54, 1.807) is 0 Å². The first kappa shape index (κ1) is 29.4. The summed E-state index contributed by atoms with van der Waals surface area (Å²) in [6.07, 6.45) is 0. The van der Waals surface area contributed by atoms with Gasteiger partial charge in [0.15, 0.2) is 0 Å². The van der Waals surface area contributed by atoms with Gasteiger partial charge < -0.3 is 13.7 Å². The van der Waals surface area contributed by atoms with Gasteiger partial charge in [0.1, 0.15) is 0 Å². The van der Waals surface area contributed by atoms with Crippen molar-refractivity contribution in [1.29, 1.82) is 5.26 Å². The summed E-state index contributed by atoms with van der Waals surface area (Å²) in [5.41, 5.74) is 12.8. The van der Waals surface area contributed by atoms with Crippen LogP contribution >= 0.6 is 0 Å². The molecule has 0 aliphatic heterocycles. The second-order valence-electron chi connectivity index (χ2n) is 13.7. The van der Waals surface area contributed by atoms with E-state index in [4.69, 9.17) is 0 Å². The zero-order chi connectivity index (χ0) is 35.0. The Hall–Kier alpha value is -7.35. The van der Waals surface area contributed by atoms with Crippen LogP contribution in [0.3, 0.4) is 0 Å². The number of fused-ring (bicyclic) bond motifs is 10. The van der Waals surface area contributed by atoms with Crippen molar-refractivity contribution in [3.8, 4) is 34.3 Å². The van der Waals surface area contributed by atoms with Crippen molar-refractivity contribution in [1.82, 2.24) is 13.7 Å². The van der Waals surface area contributed by atoms with Crippen LogP contribution in [0.2, 0.25) is 0 Å². The predicted molar refractivity (Wildman–Crippen MR) is 220 cm³/mol. The van der Waals surface area contributed by atoms with E-state index < -0.39 is 0 Å². The van der Waals surface area contributed by atoms with Gasteiger partial charge in [0.25, 0.3) is 0 Å². The van der Waals surface area contributed by atoms with Gasteiger partial charge in [-0.05, 0) is 83.9 Å². The lowest BCUT2D eigenvalue weighted by atomic mass is 10.0. The average molecular weight is 675 g/mol. The highest BCUT2D eigenvalue weighted by Crippen LogP contribution is 2.42. The van der Waals surface area contributed by atoms with E-state index in [1.807, 2.05) is 12.1 Å². The summed E-state index contributed by atoms with van der Waals surface area (Å²) in [4.78, 5) is 0. The topological polar surface area (TPSA) is 38.6 Å². The van der Waals surface area contributed by atoms with Crippen LogP contribution in [0.5, 0.6) is 0 Å². The number of rotatable bonds is 4. The molecule has 0 fully saturated rings. The Kier molecular flexibility index (Phi) is 6.28. The molecule has 4 nitrogen and oxygen atoms in total. The highest BCUT2D eigenvalue weighted by Gasteiger charge is 2.21. The summed E-state index contributed by atoms with van der Waals surface area (Å²) >= 11 is 0. The number of para-hydroxylation sites is 5. The number of benzene rings is 8. The van der Waals surface area contributed by atoms with Crippen molar-refractivity contribution in [3.05, 3.63) is 188 Å². The summed E-state index contributed by atoms with van der Waals surface area (Å²) in [5, 5.41) is 17.6. The van der Waals surface area contributed by atoms with Crippen molar-refractivity contribution in [2.24, 2.45) is 0 Å². The summed E-state index contributed by atoms with van der Waals surface area (Å²) in [5.74, 6) is 0. The lowest BCUT2D eigenvalue weighted by molar-refractivity contribution is 1.17. The Balaban J connectivity index is 1.16. The van der Waals surface area contributed by atoms with E-state index in [-0.39, 0.29) is 0 Å². The van der Waals surface area contributed by atoms with Gasteiger partial charge in [0.2, 0.25) is 0 Å². The van der Waals surface area contributed by atoms with Gasteiger partial charge >= 0.3 is 0 Å². The van der Waals surface area contributed by atoms with E-state index in [1.165, 1.54) is 43.4 Å². The van der Waals surface area contributed by atoms with Gasteiger partial charge in [0, 0.05) is 49.4 Å². The Morgan fingerprint density at radius 3 is 1.55 bits per heavy atom. The molecule has 0 spiro atoms. The van der Waals surface area contributed by atoms with Gasteiger partial charge in [-0.25, -0.2) is 0 Å². The monoisotopic (exact) mass is 674 g/mol. The normalized spacial score (nSPS) is 11.8. The Morgan fingerprint density at radius 1 is 0.340 bits per heavy atom. The van der Waals surface area contributed by atoms with Crippen molar-refractivity contribution in [3.63, 3.8) is 0 Å². The van der Waals surface area contributed by atoms with E-state index >= 15 is 0 Å². The molecule has 0 aliphatic carbocycles. The molecule has 0 bridgehead atoms. The van der Waals surface area contributed by atoms with Crippen molar-refractivity contribution in [2.45, 2.75) is 0 Å². The van der Waals surface area contributed by atoms with E-state index in [9.17, 15) is 5.26 Å². The number of hydrogen-bond acceptors (Lipinski definition) is 1. The third kappa shape index (κ3) is 4.29. The van der Waals surface area contributed by atoms with E-state index in [0.29, 0.717) is 5.56 Å². The molecule has 0 atom stereocenters. The molecule has 11 aromatic rings. The number of aromatic nitrogens is 3. The zero-order valence-electron chi connectivity index (χ0n) is 28.6. The predicted octanol–water partition coefficient (Wildman–Crippen LogP) is 12.5. The highest BCUT2D eigenvalue weighted by atomic mass is 15.0. The van der Waals surface area contributed by atoms with Crippen LogP contribution in [0.1, 0.15) is 5.56 Å². The Bertz CT molecular complexity index is 3240. The minimum Gasteiger partial charge on any atom is -0.309 e. The maximum atomic E-state index is 10.3. The number of nitriles is 1. The molecule has 3 aromatic heterocycles. The highest BCUT2D eigenvalue weighted by molar-refractivity contribution is 6.26. The molecule has 53 heavy (non-hydrogen) atoms. The third-order valence-corrected chi connectivity index (χ3v) is 10.8. The molecule has 0 N–H and O–H groups in total. The minimum absolute atomic E-state index is 0.623. The van der Waals surface area contributed by atoms with Crippen LogP contribution < -0.4 is 0 Å². The molecule has 0 saturated carbocycles. The third-order valence-electron chi connectivity index (χ3n) is 10.8. The molecule has 4 heteroatoms. The Morgan fingerprint density at radius 2 is 0.868 bits per heavy atom. The largest absolute Gasteiger partial charge is 0.309 e. The fourth-order valence-electron chi connectivity index (χ4n) is 8.63. The van der Waals surface area contributed by atoms with E-state index in [0.717, 1.165) is 50.3 Å². The van der Waals surface area contributed by atoms with Crippen LogP contribution in [0.25, 0.3) is 93.6 Å². The fourth-order valence-corrected chi connectivity index (χ4v) is 8.63. The summed E-state index contributed by atoms with van der Waals surface area (Å²) in [6, 6.07) is 67.1. The average Bonchev–Trinajstić information content (AvgIpc) is 3.87. The van der Waals surface area contributed by atoms with Gasteiger partial charge in [0.05, 0.1) is 44.7 Å². The van der Waals surface area contributed by atoms with Crippen molar-refractivity contribution in [2.75, 3.05) is 0 Å². The minimum atomic E-state index is 0.623. The molecule has 0 saturated heterocycles. The molecule has 3 heterocycles. The summed E-state index contributed by atoms with van der Waals surface area (Å²) in [7, 11) is 0. The maximum Gasteiger partial charge on any atom is 0.0992 e. The molecule has 11 rings (SSSR count). The molecule has 246 valence electrons. The summed E-state index contributed by atoms with van der Waals surface area (Å²) in [6.45, 7) is 0. The first-order valence-electron chi connectivity index (χ1n) is 17.9. The second-order valence-corrected chi connectivity index (χ2v) is 13.7. The smallest absolute Gasteiger partial charge is 0.0992 e. The molecular formula is C49H30N4. The molecule has 0 aliphatic rings. The van der Waals surface area contributed by atoms with E-state index in [2.05, 4.69) is 190 Å². The Labute approximate surface area is 305 Å². The molecule has 0 radical (unpaired) electrons. The summed E-state index contributed by atoms with van der Waals surface area (Å²) < 4.78 is 7.09. The molecule has 0 unspecified atom stereocenters. The second kappa shape index (κ2) is 11.3. The van der Waals surface area contributed by atoms with Crippen LogP contribution in [-0.4, -0.2) is 13.7 Å². The lowest BCUT2D eigenvalue weighted by Gasteiger charge is -2.13. The molecular weight excluding hydrogens is 645 g/mol. The quantitative estimate of drug-likeness (QED) is 0.183. The molecule has 8 aromatic carbocycles. The van der Waals surface area contributed by atoms with Crippen LogP contribution in [0, 0.1) is 11.3 Å². The van der Waals surface area contributed by atoms with Gasteiger partial charge in [-0.3, -0.25) is 0 Å². The number of hydrogen-bond donors (Lipinski definition) is 0. The first-order valence-corrected chi connectivity index (χ1v) is 17.9. The molecule has 0 amide bonds. The SMILES string of the molecule is N#Cc1cc(-c2cccc(-n3c4ccccc4c4c3ccc3c5ccccc5n(-c5ccccc5)c34)c2)cc(-n2c3ccccc3c3ccccc32)c1. The van der Waals surface area contributed by atoms with Crippen molar-refractivity contribution >= 4 is 65.4 Å². The fraction of sp³-hybridized carbons (Fsp3) is 0. The van der Waals surface area contributed by atoms with Crippen LogP contribution in [0.15, 0.2) is 182 Å². The first-order chi connectivity index (χ1) is 26.3. The lowest BCUT2D eigenvalue weighted by Crippen LogP contribution is -1.97. The van der Waals surface area contributed by atoms with Gasteiger partial charge in [-0.1, -0.05) is 109 Å². The van der Waals surface area contributed by atoms with Gasteiger partial charge in [-0.2, -0.15) is 5.26 Å². The zero-order valence-corrected chi connectivity index (χ0v) is 28.6. The van der Waals surface area contributed by atoms with Crippen molar-refractivity contribution < 1.29 is 0 Å².